The Morgan fingerprint density at radius 1 is 1.56 bits per heavy atom. The second-order valence-electron chi connectivity index (χ2n) is 3.31. The van der Waals surface area contributed by atoms with Crippen molar-refractivity contribution in [3.8, 4) is 0 Å². The summed E-state index contributed by atoms with van der Waals surface area (Å²) in [7, 11) is 1.65. The molecule has 0 atom stereocenters. The Kier molecular flexibility index (Phi) is 5.69. The van der Waals surface area contributed by atoms with Gasteiger partial charge in [0.05, 0.1) is 0 Å². The normalized spacial score (nSPS) is 10.1. The molecule has 0 aliphatic heterocycles. The molecule has 1 aromatic rings. The van der Waals surface area contributed by atoms with Gasteiger partial charge in [0.25, 0.3) is 0 Å². The lowest BCUT2D eigenvalue weighted by atomic mass is 10.3. The molecule has 0 saturated heterocycles. The van der Waals surface area contributed by atoms with Crippen molar-refractivity contribution >= 4 is 39.3 Å². The smallest absolute Gasteiger partial charge is 0.219 e. The maximum absolute atomic E-state index is 11.0. The molecule has 0 heterocycles. The van der Waals surface area contributed by atoms with Crippen LogP contribution in [0.1, 0.15) is 12.8 Å². The van der Waals surface area contributed by atoms with E-state index >= 15 is 0 Å². The number of nitrogens with two attached hydrogens (primary N) is 1. The minimum absolute atomic E-state index is 0.0874. The second-order valence-corrected chi connectivity index (χ2v) is 5.36. The van der Waals surface area contributed by atoms with Gasteiger partial charge in [-0.05, 0) is 30.4 Å². The van der Waals surface area contributed by atoms with Gasteiger partial charge in [0, 0.05) is 28.5 Å². The Morgan fingerprint density at radius 2 is 2.31 bits per heavy atom. The highest BCUT2D eigenvalue weighted by Crippen LogP contribution is 2.28. The van der Waals surface area contributed by atoms with Crippen molar-refractivity contribution in [2.45, 2.75) is 17.7 Å². The molecule has 0 unspecified atom stereocenters. The summed E-state index contributed by atoms with van der Waals surface area (Å²) in [6, 6.07) is 5.85. The fourth-order valence-corrected chi connectivity index (χ4v) is 2.47. The summed E-state index contributed by atoms with van der Waals surface area (Å²) >= 11 is 5.05. The van der Waals surface area contributed by atoms with Crippen LogP contribution in [-0.2, 0) is 4.79 Å². The number of carbonyl (C=O) groups is 1. The van der Waals surface area contributed by atoms with E-state index in [4.69, 9.17) is 5.73 Å². The van der Waals surface area contributed by atoms with E-state index in [0.717, 1.165) is 27.2 Å². The Hall–Kier alpha value is -0.680. The molecule has 5 heteroatoms. The molecule has 0 aliphatic carbocycles. The summed E-state index contributed by atoms with van der Waals surface area (Å²) in [6.45, 7) is 0. The SMILES string of the molecule is CNC(=O)CCCSc1ccc(Br)cc1N. The van der Waals surface area contributed by atoms with Crippen LogP contribution in [0.5, 0.6) is 0 Å². The second kappa shape index (κ2) is 6.81. The van der Waals surface area contributed by atoms with E-state index in [0.29, 0.717) is 6.42 Å². The summed E-state index contributed by atoms with van der Waals surface area (Å²) in [5.74, 6) is 0.989. The third kappa shape index (κ3) is 4.45. The van der Waals surface area contributed by atoms with Crippen LogP contribution >= 0.6 is 27.7 Å². The minimum atomic E-state index is 0.0874. The van der Waals surface area contributed by atoms with Gasteiger partial charge in [-0.2, -0.15) is 0 Å². The van der Waals surface area contributed by atoms with E-state index < -0.39 is 0 Å². The molecule has 3 nitrogen and oxygen atoms in total. The van der Waals surface area contributed by atoms with Crippen LogP contribution in [0.3, 0.4) is 0 Å². The molecule has 1 rings (SSSR count). The first-order chi connectivity index (χ1) is 7.63. The van der Waals surface area contributed by atoms with Gasteiger partial charge in [0.2, 0.25) is 5.91 Å². The summed E-state index contributed by atoms with van der Waals surface area (Å²) in [4.78, 5) is 12.1. The zero-order chi connectivity index (χ0) is 12.0. The monoisotopic (exact) mass is 302 g/mol. The molecular weight excluding hydrogens is 288 g/mol. The number of amides is 1. The topological polar surface area (TPSA) is 55.1 Å². The summed E-state index contributed by atoms with van der Waals surface area (Å²) < 4.78 is 0.986. The largest absolute Gasteiger partial charge is 0.398 e. The molecule has 1 amide bonds. The zero-order valence-corrected chi connectivity index (χ0v) is 11.5. The van der Waals surface area contributed by atoms with Crippen molar-refractivity contribution in [3.05, 3.63) is 22.7 Å². The van der Waals surface area contributed by atoms with Crippen LogP contribution in [0.4, 0.5) is 5.69 Å². The van der Waals surface area contributed by atoms with Crippen LogP contribution in [0, 0.1) is 0 Å². The number of halogens is 1. The van der Waals surface area contributed by atoms with E-state index in [1.54, 1.807) is 18.8 Å². The molecule has 1 aromatic carbocycles. The number of anilines is 1. The molecule has 0 radical (unpaired) electrons. The molecule has 0 aliphatic rings. The van der Waals surface area contributed by atoms with Crippen LogP contribution < -0.4 is 11.1 Å². The first kappa shape index (κ1) is 13.4. The predicted molar refractivity (Wildman–Crippen MR) is 72.6 cm³/mol. The van der Waals surface area contributed by atoms with E-state index in [-0.39, 0.29) is 5.91 Å². The highest BCUT2D eigenvalue weighted by atomic mass is 79.9. The number of hydrogen-bond donors (Lipinski definition) is 2. The van der Waals surface area contributed by atoms with Crippen LogP contribution in [0.15, 0.2) is 27.6 Å². The van der Waals surface area contributed by atoms with Crippen molar-refractivity contribution in [2.75, 3.05) is 18.5 Å². The summed E-state index contributed by atoms with van der Waals surface area (Å²) in [6.07, 6.45) is 1.43. The molecule has 88 valence electrons. The van der Waals surface area contributed by atoms with Crippen molar-refractivity contribution in [1.29, 1.82) is 0 Å². The number of carbonyl (C=O) groups excluding carboxylic acids is 1. The van der Waals surface area contributed by atoms with E-state index in [1.165, 1.54) is 0 Å². The fourth-order valence-electron chi connectivity index (χ4n) is 1.19. The molecule has 0 fully saturated rings. The number of hydrogen-bond acceptors (Lipinski definition) is 3. The molecule has 0 spiro atoms. The fraction of sp³-hybridized carbons (Fsp3) is 0.364. The van der Waals surface area contributed by atoms with Crippen molar-refractivity contribution in [1.82, 2.24) is 5.32 Å². The summed E-state index contributed by atoms with van der Waals surface area (Å²) in [5.41, 5.74) is 6.64. The van der Waals surface area contributed by atoms with Crippen molar-refractivity contribution in [3.63, 3.8) is 0 Å². The van der Waals surface area contributed by atoms with Gasteiger partial charge in [-0.25, -0.2) is 0 Å². The first-order valence-electron chi connectivity index (χ1n) is 5.02. The third-order valence-corrected chi connectivity index (χ3v) is 3.73. The van der Waals surface area contributed by atoms with Crippen molar-refractivity contribution in [2.24, 2.45) is 0 Å². The molecule has 16 heavy (non-hydrogen) atoms. The van der Waals surface area contributed by atoms with Crippen LogP contribution in [0.25, 0.3) is 0 Å². The molecule has 0 saturated carbocycles. The first-order valence-corrected chi connectivity index (χ1v) is 6.79. The van der Waals surface area contributed by atoms with Gasteiger partial charge < -0.3 is 11.1 Å². The van der Waals surface area contributed by atoms with Gasteiger partial charge >= 0.3 is 0 Å². The van der Waals surface area contributed by atoms with Gasteiger partial charge in [-0.3, -0.25) is 4.79 Å². The molecule has 3 N–H and O–H groups in total. The highest BCUT2D eigenvalue weighted by molar-refractivity contribution is 9.10. The maximum atomic E-state index is 11.0. The lowest BCUT2D eigenvalue weighted by Gasteiger charge is -2.05. The maximum Gasteiger partial charge on any atom is 0.219 e. The number of nitrogens with one attached hydrogen (secondary N) is 1. The van der Waals surface area contributed by atoms with Crippen LogP contribution in [-0.4, -0.2) is 18.7 Å². The third-order valence-electron chi connectivity index (χ3n) is 2.06. The average molecular weight is 303 g/mol. The minimum Gasteiger partial charge on any atom is -0.398 e. The van der Waals surface area contributed by atoms with E-state index in [1.807, 2.05) is 18.2 Å². The van der Waals surface area contributed by atoms with Gasteiger partial charge in [0.15, 0.2) is 0 Å². The van der Waals surface area contributed by atoms with Crippen LogP contribution in [0.2, 0.25) is 0 Å². The Labute approximate surface area is 108 Å². The molecule has 0 bridgehead atoms. The number of rotatable bonds is 5. The quantitative estimate of drug-likeness (QED) is 0.499. The Balaban J connectivity index is 2.35. The molecule has 0 aromatic heterocycles. The number of nitrogen functional groups attached to an aromatic ring is 1. The van der Waals surface area contributed by atoms with E-state index in [2.05, 4.69) is 21.2 Å². The molecular formula is C11H15BrN2OS. The van der Waals surface area contributed by atoms with Gasteiger partial charge in [-0.15, -0.1) is 11.8 Å². The summed E-state index contributed by atoms with van der Waals surface area (Å²) in [5, 5.41) is 2.60. The Bertz CT molecular complexity index is 371. The zero-order valence-electron chi connectivity index (χ0n) is 9.13. The van der Waals surface area contributed by atoms with Gasteiger partial charge in [-0.1, -0.05) is 15.9 Å². The standard InChI is InChI=1S/C11H15BrN2OS/c1-14-11(15)3-2-6-16-10-5-4-8(12)7-9(10)13/h4-5,7H,2-3,6,13H2,1H3,(H,14,15). The predicted octanol–water partition coefficient (Wildman–Crippen LogP) is 2.65. The van der Waals surface area contributed by atoms with Crippen molar-refractivity contribution < 1.29 is 4.79 Å². The van der Waals surface area contributed by atoms with E-state index in [9.17, 15) is 4.79 Å². The Morgan fingerprint density at radius 3 is 2.94 bits per heavy atom. The number of benzene rings is 1. The lowest BCUT2D eigenvalue weighted by molar-refractivity contribution is -0.120. The average Bonchev–Trinajstić information content (AvgIpc) is 2.26. The highest BCUT2D eigenvalue weighted by Gasteiger charge is 2.02. The lowest BCUT2D eigenvalue weighted by Crippen LogP contribution is -2.17. The van der Waals surface area contributed by atoms with Gasteiger partial charge in [0.1, 0.15) is 0 Å². The number of thioether (sulfide) groups is 1.